The molecule has 3 aromatic rings. The predicted molar refractivity (Wildman–Crippen MR) is 158 cm³/mol. The van der Waals surface area contributed by atoms with Crippen LogP contribution in [0.3, 0.4) is 0 Å². The molecule has 1 N–H and O–H groups in total. The van der Waals surface area contributed by atoms with Gasteiger partial charge >= 0.3 is 0 Å². The van der Waals surface area contributed by atoms with Crippen molar-refractivity contribution in [3.63, 3.8) is 0 Å². The maximum Gasteiger partial charge on any atom is 0.244 e. The fourth-order valence-electron chi connectivity index (χ4n) is 4.54. The van der Waals surface area contributed by atoms with Gasteiger partial charge in [0.25, 0.3) is 0 Å². The van der Waals surface area contributed by atoms with Crippen molar-refractivity contribution < 1.29 is 27.5 Å². The van der Waals surface area contributed by atoms with Crippen LogP contribution in [0.5, 0.6) is 11.5 Å². The van der Waals surface area contributed by atoms with E-state index in [9.17, 15) is 18.0 Å². The lowest BCUT2D eigenvalue weighted by Crippen LogP contribution is -2.54. The lowest BCUT2D eigenvalue weighted by molar-refractivity contribution is -0.140. The Morgan fingerprint density at radius 2 is 1.54 bits per heavy atom. The zero-order chi connectivity index (χ0) is 29.4. The Kier molecular flexibility index (Phi) is 9.88. The van der Waals surface area contributed by atoms with E-state index in [1.54, 1.807) is 18.2 Å². The molecule has 0 fully saturated rings. The molecule has 0 aliphatic carbocycles. The second-order valence-corrected chi connectivity index (χ2v) is 12.2. The van der Waals surface area contributed by atoms with Gasteiger partial charge in [0, 0.05) is 25.1 Å². The number of carbonyl (C=O) groups is 2. The minimum atomic E-state index is -3.87. The van der Waals surface area contributed by atoms with Crippen LogP contribution in [0.25, 0.3) is 0 Å². The van der Waals surface area contributed by atoms with Gasteiger partial charge < -0.3 is 19.7 Å². The van der Waals surface area contributed by atoms with Crippen LogP contribution in [0, 0.1) is 0 Å². The van der Waals surface area contributed by atoms with E-state index in [-0.39, 0.29) is 43.1 Å². The van der Waals surface area contributed by atoms with Crippen molar-refractivity contribution in [1.82, 2.24) is 10.2 Å². The number of sulfonamides is 1. The average Bonchev–Trinajstić information content (AvgIpc) is 3.46. The summed E-state index contributed by atoms with van der Waals surface area (Å²) in [6, 6.07) is 22.7. The summed E-state index contributed by atoms with van der Waals surface area (Å²) in [5.41, 5.74) is 1.99. The van der Waals surface area contributed by atoms with Crippen LogP contribution in [0.1, 0.15) is 38.3 Å². The fourth-order valence-corrected chi connectivity index (χ4v) is 5.59. The minimum Gasteiger partial charge on any atom is -0.454 e. The number of ether oxygens (including phenoxy) is 2. The zero-order valence-corrected chi connectivity index (χ0v) is 24.5. The molecule has 1 aliphatic rings. The molecular formula is C31H37N3O6S. The molecule has 2 atom stereocenters. The van der Waals surface area contributed by atoms with Gasteiger partial charge in [0.05, 0.1) is 11.4 Å². The van der Waals surface area contributed by atoms with E-state index in [1.165, 1.54) is 11.8 Å². The van der Waals surface area contributed by atoms with Crippen LogP contribution in [-0.2, 0) is 32.6 Å². The second kappa shape index (κ2) is 13.5. The SMILES string of the molecule is CC[C@H](C)NC(=O)[C@H](Cc1ccccc1)N(Cc1ccccc1)C(=O)CN(c1ccc2c(c1)OCO2)S(=O)(=O)CC. The lowest BCUT2D eigenvalue weighted by Gasteiger charge is -2.34. The van der Waals surface area contributed by atoms with Crippen LogP contribution < -0.4 is 19.1 Å². The third-order valence-corrected chi connectivity index (χ3v) is 8.83. The van der Waals surface area contributed by atoms with Gasteiger partial charge in [-0.2, -0.15) is 0 Å². The van der Waals surface area contributed by atoms with E-state index in [1.807, 2.05) is 74.5 Å². The lowest BCUT2D eigenvalue weighted by atomic mass is 10.0. The molecule has 4 rings (SSSR count). The number of fused-ring (bicyclic) bond motifs is 1. The minimum absolute atomic E-state index is 0.0373. The molecule has 41 heavy (non-hydrogen) atoms. The van der Waals surface area contributed by atoms with Gasteiger partial charge in [-0.25, -0.2) is 8.42 Å². The molecule has 1 aliphatic heterocycles. The maximum absolute atomic E-state index is 14.2. The van der Waals surface area contributed by atoms with Crippen molar-refractivity contribution in [2.24, 2.45) is 0 Å². The first-order valence-electron chi connectivity index (χ1n) is 13.8. The first kappa shape index (κ1) is 29.9. The van der Waals surface area contributed by atoms with E-state index in [0.717, 1.165) is 21.9 Å². The van der Waals surface area contributed by atoms with Gasteiger partial charge in [0.2, 0.25) is 28.6 Å². The number of carbonyl (C=O) groups excluding carboxylic acids is 2. The third-order valence-electron chi connectivity index (χ3n) is 7.09. The Labute approximate surface area is 242 Å². The third kappa shape index (κ3) is 7.58. The molecule has 2 amide bonds. The van der Waals surface area contributed by atoms with E-state index in [2.05, 4.69) is 5.32 Å². The molecular weight excluding hydrogens is 542 g/mol. The first-order valence-corrected chi connectivity index (χ1v) is 15.4. The summed E-state index contributed by atoms with van der Waals surface area (Å²) in [5, 5.41) is 3.03. The van der Waals surface area contributed by atoms with Gasteiger partial charge in [-0.05, 0) is 43.5 Å². The number of hydrogen-bond donors (Lipinski definition) is 1. The van der Waals surface area contributed by atoms with Crippen LogP contribution in [0.15, 0.2) is 78.9 Å². The van der Waals surface area contributed by atoms with Crippen LogP contribution in [-0.4, -0.2) is 56.3 Å². The van der Waals surface area contributed by atoms with E-state index < -0.39 is 28.5 Å². The highest BCUT2D eigenvalue weighted by Crippen LogP contribution is 2.36. The highest BCUT2D eigenvalue weighted by molar-refractivity contribution is 7.92. The van der Waals surface area contributed by atoms with E-state index >= 15 is 0 Å². The Hall–Kier alpha value is -4.05. The monoisotopic (exact) mass is 579 g/mol. The molecule has 0 unspecified atom stereocenters. The smallest absolute Gasteiger partial charge is 0.244 e. The van der Waals surface area contributed by atoms with Crippen molar-refractivity contribution >= 4 is 27.5 Å². The number of nitrogens with zero attached hydrogens (tertiary/aromatic N) is 2. The topological polar surface area (TPSA) is 105 Å². The summed E-state index contributed by atoms with van der Waals surface area (Å²) >= 11 is 0. The summed E-state index contributed by atoms with van der Waals surface area (Å²) in [4.78, 5) is 29.4. The number of rotatable bonds is 13. The van der Waals surface area contributed by atoms with E-state index in [0.29, 0.717) is 11.5 Å². The van der Waals surface area contributed by atoms with Gasteiger partial charge in [-0.15, -0.1) is 0 Å². The zero-order valence-electron chi connectivity index (χ0n) is 23.7. The Morgan fingerprint density at radius 3 is 2.17 bits per heavy atom. The summed E-state index contributed by atoms with van der Waals surface area (Å²) in [6.07, 6.45) is 0.995. The molecule has 3 aromatic carbocycles. The number of anilines is 1. The molecule has 1 heterocycles. The molecule has 9 nitrogen and oxygen atoms in total. The van der Waals surface area contributed by atoms with Crippen molar-refractivity contribution in [2.75, 3.05) is 23.4 Å². The van der Waals surface area contributed by atoms with Gasteiger partial charge in [-0.3, -0.25) is 13.9 Å². The van der Waals surface area contributed by atoms with Gasteiger partial charge in [0.1, 0.15) is 12.6 Å². The number of hydrogen-bond acceptors (Lipinski definition) is 6. The summed E-state index contributed by atoms with van der Waals surface area (Å²) in [7, 11) is -3.87. The highest BCUT2D eigenvalue weighted by atomic mass is 32.2. The van der Waals surface area contributed by atoms with Crippen molar-refractivity contribution in [1.29, 1.82) is 0 Å². The van der Waals surface area contributed by atoms with Crippen molar-refractivity contribution in [2.45, 2.75) is 52.2 Å². The van der Waals surface area contributed by atoms with Crippen LogP contribution >= 0.6 is 0 Å². The number of nitrogens with one attached hydrogen (secondary N) is 1. The highest BCUT2D eigenvalue weighted by Gasteiger charge is 2.34. The van der Waals surface area contributed by atoms with Crippen LogP contribution in [0.2, 0.25) is 0 Å². The largest absolute Gasteiger partial charge is 0.454 e. The van der Waals surface area contributed by atoms with Gasteiger partial charge in [-0.1, -0.05) is 67.6 Å². The summed E-state index contributed by atoms with van der Waals surface area (Å²) < 4.78 is 38.5. The van der Waals surface area contributed by atoms with Gasteiger partial charge in [0.15, 0.2) is 11.5 Å². The average molecular weight is 580 g/mol. The second-order valence-electron chi connectivity index (χ2n) is 9.98. The normalized spacial score (nSPS) is 13.7. The van der Waals surface area contributed by atoms with Crippen molar-refractivity contribution in [3.05, 3.63) is 90.0 Å². The van der Waals surface area contributed by atoms with Crippen molar-refractivity contribution in [3.8, 4) is 11.5 Å². The molecule has 10 heteroatoms. The molecule has 0 spiro atoms. The maximum atomic E-state index is 14.2. The summed E-state index contributed by atoms with van der Waals surface area (Å²) in [6.45, 7) is 5.10. The quantitative estimate of drug-likeness (QED) is 0.327. The number of amides is 2. The molecule has 0 bridgehead atoms. The number of benzene rings is 3. The fraction of sp³-hybridized carbons (Fsp3) is 0.355. The molecule has 0 radical (unpaired) electrons. The Morgan fingerprint density at radius 1 is 0.902 bits per heavy atom. The summed E-state index contributed by atoms with van der Waals surface area (Å²) in [5.74, 6) is -0.0918. The van der Waals surface area contributed by atoms with E-state index in [4.69, 9.17) is 9.47 Å². The predicted octanol–water partition coefficient (Wildman–Crippen LogP) is 4.13. The van der Waals surface area contributed by atoms with Crippen LogP contribution in [0.4, 0.5) is 5.69 Å². The molecule has 218 valence electrons. The Balaban J connectivity index is 1.73. The molecule has 0 saturated carbocycles. The molecule has 0 saturated heterocycles. The Bertz CT molecular complexity index is 1430. The standard InChI is InChI=1S/C31H37N3O6S/c1-4-23(3)32-31(36)27(18-24-12-8-6-9-13-24)33(20-25-14-10-7-11-15-25)30(35)21-34(41(37,38)5-2)26-16-17-28-29(19-26)40-22-39-28/h6-17,19,23,27H,4-5,18,20-22H2,1-3H3,(H,32,36)/t23-,27-/m0/s1. The first-order chi connectivity index (χ1) is 19.7. The molecule has 0 aromatic heterocycles.